The van der Waals surface area contributed by atoms with Gasteiger partial charge in [-0.25, -0.2) is 19.1 Å². The molecule has 0 spiro atoms. The van der Waals surface area contributed by atoms with Crippen molar-refractivity contribution >= 4 is 23.0 Å². The van der Waals surface area contributed by atoms with Gasteiger partial charge in [-0.3, -0.25) is 14.2 Å². The average Bonchev–Trinajstić information content (AvgIpc) is 3.16. The third kappa shape index (κ3) is 2.30. The number of likely N-dealkylation sites (tertiary alicyclic amines) is 1. The lowest BCUT2D eigenvalue weighted by Crippen LogP contribution is -2.47. The number of nitrogens with zero attached hydrogens (tertiary/aromatic N) is 5. The van der Waals surface area contributed by atoms with Crippen LogP contribution in [0.4, 0.5) is 0 Å². The molecule has 0 bridgehead atoms. The molecule has 128 valence electrons. The molecule has 3 heterocycles. The second-order valence-electron chi connectivity index (χ2n) is 5.84. The van der Waals surface area contributed by atoms with E-state index in [9.17, 15) is 19.2 Å². The first-order valence-electron chi connectivity index (χ1n) is 7.46. The Hall–Kier alpha value is -2.91. The summed E-state index contributed by atoms with van der Waals surface area (Å²) in [5, 5.41) is 9.16. The quantitative estimate of drug-likeness (QED) is 0.730. The largest absolute Gasteiger partial charge is 0.480 e. The molecule has 0 aliphatic carbocycles. The fraction of sp³-hybridized carbons (Fsp3) is 0.500. The first-order chi connectivity index (χ1) is 11.3. The zero-order valence-corrected chi connectivity index (χ0v) is 13.3. The number of rotatable bonds is 3. The molecule has 2 aromatic heterocycles. The predicted octanol–water partition coefficient (Wildman–Crippen LogP) is -1.49. The smallest absolute Gasteiger partial charge is 0.332 e. The van der Waals surface area contributed by atoms with E-state index in [-0.39, 0.29) is 11.2 Å². The summed E-state index contributed by atoms with van der Waals surface area (Å²) in [5.74, 6) is -1.64. The molecule has 0 radical (unpaired) electrons. The minimum atomic E-state index is -1.08. The Morgan fingerprint density at radius 2 is 2.04 bits per heavy atom. The van der Waals surface area contributed by atoms with Crippen LogP contribution in [0.3, 0.4) is 0 Å². The van der Waals surface area contributed by atoms with Crippen molar-refractivity contribution in [2.45, 2.75) is 25.4 Å². The minimum Gasteiger partial charge on any atom is -0.480 e. The van der Waals surface area contributed by atoms with Crippen LogP contribution in [0, 0.1) is 0 Å². The third-order valence-electron chi connectivity index (χ3n) is 4.35. The summed E-state index contributed by atoms with van der Waals surface area (Å²) < 4.78 is 3.50. The van der Waals surface area contributed by atoms with Gasteiger partial charge in [0.15, 0.2) is 11.2 Å². The summed E-state index contributed by atoms with van der Waals surface area (Å²) in [5.41, 5.74) is -0.833. The van der Waals surface area contributed by atoms with Crippen molar-refractivity contribution in [2.24, 2.45) is 14.1 Å². The first-order valence-corrected chi connectivity index (χ1v) is 7.46. The highest BCUT2D eigenvalue weighted by Crippen LogP contribution is 2.17. The Labute approximate surface area is 135 Å². The summed E-state index contributed by atoms with van der Waals surface area (Å²) in [7, 11) is 3.09. The van der Waals surface area contributed by atoms with E-state index in [1.54, 1.807) is 7.05 Å². The molecule has 24 heavy (non-hydrogen) atoms. The fourth-order valence-corrected chi connectivity index (χ4v) is 3.08. The van der Waals surface area contributed by atoms with Crippen LogP contribution in [0.2, 0.25) is 0 Å². The van der Waals surface area contributed by atoms with Crippen LogP contribution < -0.4 is 11.2 Å². The van der Waals surface area contributed by atoms with E-state index in [1.807, 2.05) is 0 Å². The Kier molecular flexibility index (Phi) is 3.74. The summed E-state index contributed by atoms with van der Waals surface area (Å²) in [4.78, 5) is 53.8. The van der Waals surface area contributed by atoms with Crippen LogP contribution in [0.25, 0.3) is 11.2 Å². The van der Waals surface area contributed by atoms with Crippen LogP contribution in [-0.2, 0) is 30.2 Å². The van der Waals surface area contributed by atoms with E-state index in [4.69, 9.17) is 5.11 Å². The number of fused-ring (bicyclic) bond motifs is 1. The van der Waals surface area contributed by atoms with E-state index >= 15 is 0 Å². The first kappa shape index (κ1) is 16.0. The van der Waals surface area contributed by atoms with Crippen LogP contribution >= 0.6 is 0 Å². The Bertz CT molecular complexity index is 953. The molecular weight excluding hydrogens is 318 g/mol. The number of carbonyl (C=O) groups excluding carboxylic acids is 1. The number of amides is 1. The maximum Gasteiger partial charge on any atom is 0.332 e. The highest BCUT2D eigenvalue weighted by atomic mass is 16.4. The molecule has 1 unspecified atom stereocenters. The van der Waals surface area contributed by atoms with Gasteiger partial charge in [0.2, 0.25) is 5.91 Å². The van der Waals surface area contributed by atoms with Gasteiger partial charge < -0.3 is 14.6 Å². The number of carbonyl (C=O) groups is 2. The highest BCUT2D eigenvalue weighted by molar-refractivity contribution is 5.84. The van der Waals surface area contributed by atoms with Gasteiger partial charge in [-0.05, 0) is 12.8 Å². The molecule has 10 nitrogen and oxygen atoms in total. The minimum absolute atomic E-state index is 0.209. The van der Waals surface area contributed by atoms with Gasteiger partial charge in [0.1, 0.15) is 12.6 Å². The van der Waals surface area contributed by atoms with Gasteiger partial charge in [-0.2, -0.15) is 0 Å². The molecule has 2 aromatic rings. The van der Waals surface area contributed by atoms with Crippen molar-refractivity contribution in [3.63, 3.8) is 0 Å². The van der Waals surface area contributed by atoms with Crippen LogP contribution in [0.5, 0.6) is 0 Å². The molecule has 3 rings (SSSR count). The molecule has 1 atom stereocenters. The van der Waals surface area contributed by atoms with Crippen molar-refractivity contribution in [3.05, 3.63) is 27.2 Å². The highest BCUT2D eigenvalue weighted by Gasteiger charge is 2.34. The Morgan fingerprint density at radius 3 is 2.71 bits per heavy atom. The molecule has 1 aliphatic heterocycles. The second kappa shape index (κ2) is 5.62. The molecule has 10 heteroatoms. The lowest BCUT2D eigenvalue weighted by Gasteiger charge is -2.21. The van der Waals surface area contributed by atoms with Crippen molar-refractivity contribution in [2.75, 3.05) is 6.54 Å². The van der Waals surface area contributed by atoms with E-state index in [2.05, 4.69) is 4.98 Å². The number of imidazole rings is 1. The van der Waals surface area contributed by atoms with Crippen molar-refractivity contribution in [3.8, 4) is 0 Å². The van der Waals surface area contributed by atoms with Gasteiger partial charge in [-0.1, -0.05) is 0 Å². The van der Waals surface area contributed by atoms with Gasteiger partial charge in [-0.15, -0.1) is 0 Å². The zero-order chi connectivity index (χ0) is 17.6. The monoisotopic (exact) mass is 335 g/mol. The van der Waals surface area contributed by atoms with Crippen LogP contribution in [0.1, 0.15) is 12.8 Å². The SMILES string of the molecule is Cn1cnc2c1c(=O)n(CC(=O)N1CCCC1C(=O)O)c(=O)n2C. The van der Waals surface area contributed by atoms with E-state index in [1.165, 1.54) is 27.4 Å². The molecular formula is C14H17N5O5. The Morgan fingerprint density at radius 1 is 1.33 bits per heavy atom. The zero-order valence-electron chi connectivity index (χ0n) is 13.3. The second-order valence-corrected chi connectivity index (χ2v) is 5.84. The molecule has 1 aliphatic rings. The maximum absolute atomic E-state index is 12.6. The molecule has 1 amide bonds. The van der Waals surface area contributed by atoms with E-state index in [0.717, 1.165) is 4.57 Å². The predicted molar refractivity (Wildman–Crippen MR) is 82.6 cm³/mol. The molecule has 1 N–H and O–H groups in total. The van der Waals surface area contributed by atoms with Crippen LogP contribution in [0.15, 0.2) is 15.9 Å². The fourth-order valence-electron chi connectivity index (χ4n) is 3.08. The summed E-state index contributed by atoms with van der Waals surface area (Å²) >= 11 is 0. The number of carboxylic acid groups (broad SMARTS) is 1. The number of carboxylic acids is 1. The van der Waals surface area contributed by atoms with Crippen molar-refractivity contribution in [1.82, 2.24) is 23.6 Å². The lowest BCUT2D eigenvalue weighted by molar-refractivity contribution is -0.148. The van der Waals surface area contributed by atoms with Gasteiger partial charge in [0, 0.05) is 20.6 Å². The summed E-state index contributed by atoms with van der Waals surface area (Å²) in [6.45, 7) is -0.185. The lowest BCUT2D eigenvalue weighted by atomic mass is 10.2. The Balaban J connectivity index is 2.03. The standard InChI is InChI=1S/C14H17N5O5/c1-16-7-15-11-10(16)12(21)19(14(24)17(11)2)6-9(20)18-5-3-4-8(18)13(22)23/h7-8H,3-6H2,1-2H3,(H,22,23). The summed E-state index contributed by atoms with van der Waals surface area (Å²) in [6.07, 6.45) is 2.36. The van der Waals surface area contributed by atoms with Crippen molar-refractivity contribution < 1.29 is 14.7 Å². The topological polar surface area (TPSA) is 119 Å². The van der Waals surface area contributed by atoms with Crippen molar-refractivity contribution in [1.29, 1.82) is 0 Å². The number of hydrogen-bond acceptors (Lipinski definition) is 5. The van der Waals surface area contributed by atoms with Crippen LogP contribution in [-0.4, -0.2) is 53.2 Å². The van der Waals surface area contributed by atoms with Gasteiger partial charge >= 0.3 is 11.7 Å². The van der Waals surface area contributed by atoms with E-state index in [0.29, 0.717) is 19.4 Å². The van der Waals surface area contributed by atoms with E-state index < -0.39 is 35.7 Å². The van der Waals surface area contributed by atoms with Gasteiger partial charge in [0.25, 0.3) is 5.56 Å². The number of hydrogen-bond donors (Lipinski definition) is 1. The van der Waals surface area contributed by atoms with Gasteiger partial charge in [0.05, 0.1) is 6.33 Å². The number of aliphatic carboxylic acids is 1. The average molecular weight is 335 g/mol. The molecule has 0 saturated carbocycles. The third-order valence-corrected chi connectivity index (χ3v) is 4.35. The molecule has 1 saturated heterocycles. The number of aromatic nitrogens is 4. The molecule has 1 fully saturated rings. The number of aryl methyl sites for hydroxylation is 2. The summed E-state index contributed by atoms with van der Waals surface area (Å²) in [6, 6.07) is -0.905. The molecule has 0 aromatic carbocycles. The normalized spacial score (nSPS) is 17.6. The maximum atomic E-state index is 12.6.